The fourth-order valence-corrected chi connectivity index (χ4v) is 2.93. The van der Waals surface area contributed by atoms with Crippen LogP contribution >= 0.6 is 0 Å². The van der Waals surface area contributed by atoms with Crippen LogP contribution in [0.1, 0.15) is 25.8 Å². The van der Waals surface area contributed by atoms with E-state index in [-0.39, 0.29) is 11.5 Å². The summed E-state index contributed by atoms with van der Waals surface area (Å²) in [6, 6.07) is 6.14. The van der Waals surface area contributed by atoms with Crippen molar-refractivity contribution < 1.29 is 26.9 Å². The lowest BCUT2D eigenvalue weighted by atomic mass is 9.97. The Bertz CT molecular complexity index is 545. The Morgan fingerprint density at radius 2 is 1.77 bits per heavy atom. The fraction of sp³-hybridized carbons (Fsp3) is 0.500. The van der Waals surface area contributed by atoms with Crippen molar-refractivity contribution in [3.63, 3.8) is 0 Å². The molecule has 0 spiro atoms. The quantitative estimate of drug-likeness (QED) is 0.812. The molecule has 2 atom stereocenters. The van der Waals surface area contributed by atoms with Gasteiger partial charge in [-0.1, -0.05) is 24.6 Å². The molecule has 4 nitrogen and oxygen atoms in total. The van der Waals surface area contributed by atoms with Crippen molar-refractivity contribution in [3.05, 3.63) is 29.8 Å². The average molecular weight is 337 g/mol. The first-order valence-electron chi connectivity index (χ1n) is 6.68. The molecule has 0 saturated carbocycles. The zero-order valence-electron chi connectivity index (χ0n) is 12.5. The number of hydrogen-bond acceptors (Lipinski definition) is 3. The normalized spacial score (nSPS) is 15.9. The Morgan fingerprint density at radius 1 is 1.23 bits per heavy atom. The molecule has 0 radical (unpaired) electrons. The molecule has 1 aromatic carbocycles. The summed E-state index contributed by atoms with van der Waals surface area (Å²) in [6.45, 7) is 4.19. The topological polar surface area (TPSA) is 55.4 Å². The highest BCUT2D eigenvalue weighted by molar-refractivity contribution is 7.83. The Labute approximate surface area is 129 Å². The number of rotatable bonds is 6. The van der Waals surface area contributed by atoms with Crippen molar-refractivity contribution in [2.75, 3.05) is 6.61 Å². The first-order valence-corrected chi connectivity index (χ1v) is 7.83. The summed E-state index contributed by atoms with van der Waals surface area (Å²) >= 11 is 0. The smallest absolute Gasteiger partial charge is 0.418 e. The maximum Gasteiger partial charge on any atom is 0.418 e. The van der Waals surface area contributed by atoms with E-state index in [0.717, 1.165) is 5.56 Å². The van der Waals surface area contributed by atoms with Gasteiger partial charge >= 0.3 is 12.1 Å². The molecule has 1 aromatic rings. The fourth-order valence-electron chi connectivity index (χ4n) is 1.77. The van der Waals surface area contributed by atoms with E-state index in [1.54, 1.807) is 19.1 Å². The standard InChI is InChI=1S/C14H18F3NO3S/c1-4-13(14(15,16)17,12(19)21-5-2)18-22(20)11-8-6-10(3)7-9-11/h6-9,18H,4-5H2,1-3H3/t13-,22?/m0/s1. The summed E-state index contributed by atoms with van der Waals surface area (Å²) in [5, 5.41) is 0. The van der Waals surface area contributed by atoms with Gasteiger partial charge in [0.15, 0.2) is 0 Å². The Hall–Kier alpha value is -1.41. The third-order valence-electron chi connectivity index (χ3n) is 3.14. The van der Waals surface area contributed by atoms with Crippen molar-refractivity contribution in [3.8, 4) is 0 Å². The molecule has 0 aliphatic heterocycles. The summed E-state index contributed by atoms with van der Waals surface area (Å²) in [4.78, 5) is 12.0. The average Bonchev–Trinajstić information content (AvgIpc) is 2.44. The molecule has 124 valence electrons. The number of benzene rings is 1. The van der Waals surface area contributed by atoms with Crippen LogP contribution in [0.15, 0.2) is 29.2 Å². The van der Waals surface area contributed by atoms with Crippen LogP contribution in [0, 0.1) is 6.92 Å². The molecule has 0 amide bonds. The van der Waals surface area contributed by atoms with Crippen LogP contribution in [0.3, 0.4) is 0 Å². The first-order chi connectivity index (χ1) is 10.2. The van der Waals surface area contributed by atoms with Gasteiger partial charge in [0.1, 0.15) is 11.0 Å². The van der Waals surface area contributed by atoms with Crippen LogP contribution in [0.25, 0.3) is 0 Å². The molecule has 0 saturated heterocycles. The van der Waals surface area contributed by atoms with Gasteiger partial charge in [-0.3, -0.25) is 0 Å². The van der Waals surface area contributed by atoms with Crippen molar-refractivity contribution in [1.82, 2.24) is 4.72 Å². The monoisotopic (exact) mass is 337 g/mol. The molecule has 1 unspecified atom stereocenters. The van der Waals surface area contributed by atoms with Gasteiger partial charge in [-0.25, -0.2) is 13.7 Å². The number of carbonyl (C=O) groups excluding carboxylic acids is 1. The minimum Gasteiger partial charge on any atom is -0.464 e. The van der Waals surface area contributed by atoms with E-state index in [4.69, 9.17) is 0 Å². The lowest BCUT2D eigenvalue weighted by Crippen LogP contribution is -2.63. The number of alkyl halides is 3. The molecule has 0 aliphatic rings. The van der Waals surface area contributed by atoms with E-state index in [1.165, 1.54) is 26.0 Å². The first kappa shape index (κ1) is 18.6. The number of esters is 1. The van der Waals surface area contributed by atoms with Gasteiger partial charge in [0, 0.05) is 0 Å². The highest BCUT2D eigenvalue weighted by Crippen LogP contribution is 2.35. The summed E-state index contributed by atoms with van der Waals surface area (Å²) in [7, 11) is -2.20. The van der Waals surface area contributed by atoms with Gasteiger partial charge in [-0.15, -0.1) is 0 Å². The van der Waals surface area contributed by atoms with Crippen LogP contribution in [-0.2, 0) is 20.5 Å². The molecule has 1 N–H and O–H groups in total. The second kappa shape index (κ2) is 7.23. The van der Waals surface area contributed by atoms with Gasteiger partial charge in [0.25, 0.3) is 0 Å². The van der Waals surface area contributed by atoms with E-state index in [0.29, 0.717) is 0 Å². The maximum absolute atomic E-state index is 13.4. The molecular weight excluding hydrogens is 319 g/mol. The molecule has 0 heterocycles. The van der Waals surface area contributed by atoms with Crippen LogP contribution < -0.4 is 4.72 Å². The van der Waals surface area contributed by atoms with Crippen LogP contribution in [0.5, 0.6) is 0 Å². The predicted molar refractivity (Wildman–Crippen MR) is 76.4 cm³/mol. The Kier molecular flexibility index (Phi) is 6.13. The number of aryl methyl sites for hydroxylation is 1. The minimum absolute atomic E-state index is 0.150. The van der Waals surface area contributed by atoms with Gasteiger partial charge in [0.05, 0.1) is 11.5 Å². The number of hydrogen-bond donors (Lipinski definition) is 1. The lowest BCUT2D eigenvalue weighted by Gasteiger charge is -2.32. The van der Waals surface area contributed by atoms with E-state index >= 15 is 0 Å². The molecule has 22 heavy (non-hydrogen) atoms. The lowest BCUT2D eigenvalue weighted by molar-refractivity contribution is -0.209. The Morgan fingerprint density at radius 3 is 2.18 bits per heavy atom. The van der Waals surface area contributed by atoms with E-state index in [2.05, 4.69) is 4.74 Å². The largest absolute Gasteiger partial charge is 0.464 e. The SMILES string of the molecule is CCOC(=O)[C@](CC)(NS(=O)c1ccc(C)cc1)C(F)(F)F. The van der Waals surface area contributed by atoms with Crippen molar-refractivity contribution in [2.45, 2.75) is 43.8 Å². The highest BCUT2D eigenvalue weighted by atomic mass is 32.2. The zero-order chi connectivity index (χ0) is 17.0. The highest BCUT2D eigenvalue weighted by Gasteiger charge is 2.61. The Balaban J connectivity index is 3.15. The van der Waals surface area contributed by atoms with E-state index in [9.17, 15) is 22.2 Å². The number of halogens is 3. The summed E-state index contributed by atoms with van der Waals surface area (Å²) in [6.07, 6.45) is -5.57. The van der Waals surface area contributed by atoms with Gasteiger partial charge in [-0.2, -0.15) is 13.2 Å². The third kappa shape index (κ3) is 3.86. The molecule has 0 aromatic heterocycles. The predicted octanol–water partition coefficient (Wildman–Crippen LogP) is 2.88. The maximum atomic E-state index is 13.4. The molecule has 0 aliphatic carbocycles. The van der Waals surface area contributed by atoms with Crippen molar-refractivity contribution in [1.29, 1.82) is 0 Å². The molecule has 0 bridgehead atoms. The molecule has 1 rings (SSSR count). The molecule has 0 fully saturated rings. The van der Waals surface area contributed by atoms with E-state index < -0.39 is 35.1 Å². The third-order valence-corrected chi connectivity index (χ3v) is 4.37. The van der Waals surface area contributed by atoms with Gasteiger partial charge in [-0.05, 0) is 32.4 Å². The van der Waals surface area contributed by atoms with Crippen molar-refractivity contribution in [2.24, 2.45) is 0 Å². The van der Waals surface area contributed by atoms with Crippen LogP contribution in [0.2, 0.25) is 0 Å². The summed E-state index contributed by atoms with van der Waals surface area (Å²) in [5.74, 6) is -1.48. The molecule has 8 heteroatoms. The summed E-state index contributed by atoms with van der Waals surface area (Å²) < 4.78 is 58.8. The molecular formula is C14H18F3NO3S. The minimum atomic E-state index is -4.94. The number of nitrogens with one attached hydrogen (secondary N) is 1. The second-order valence-corrected chi connectivity index (χ2v) is 5.87. The van der Waals surface area contributed by atoms with Gasteiger partial charge < -0.3 is 4.74 Å². The zero-order valence-corrected chi connectivity index (χ0v) is 13.3. The number of ether oxygens (including phenoxy) is 1. The van der Waals surface area contributed by atoms with Crippen LogP contribution in [-0.4, -0.2) is 28.5 Å². The second-order valence-electron chi connectivity index (χ2n) is 4.66. The van der Waals surface area contributed by atoms with Gasteiger partial charge in [0.2, 0.25) is 5.54 Å². The van der Waals surface area contributed by atoms with E-state index in [1.807, 2.05) is 4.72 Å². The van der Waals surface area contributed by atoms with Crippen molar-refractivity contribution >= 4 is 17.0 Å². The summed E-state index contributed by atoms with van der Waals surface area (Å²) in [5.41, 5.74) is -2.12. The number of carbonyl (C=O) groups is 1. The van der Waals surface area contributed by atoms with Crippen LogP contribution in [0.4, 0.5) is 13.2 Å².